The number of H-pyrrole nitrogens is 1. The molecule has 0 saturated carbocycles. The summed E-state index contributed by atoms with van der Waals surface area (Å²) >= 11 is 0. The smallest absolute Gasteiger partial charge is 0.126 e. The Kier molecular flexibility index (Phi) is 2.93. The van der Waals surface area contributed by atoms with Crippen LogP contribution in [-0.4, -0.2) is 17.3 Å². The molecule has 0 atom stereocenters. The van der Waals surface area contributed by atoms with Gasteiger partial charge in [-0.05, 0) is 23.6 Å². The third-order valence-electron chi connectivity index (χ3n) is 3.23. The number of methoxy groups -OCH3 is 1. The van der Waals surface area contributed by atoms with Gasteiger partial charge in [-0.15, -0.1) is 0 Å². The summed E-state index contributed by atoms with van der Waals surface area (Å²) in [5, 5.41) is 9.46. The summed E-state index contributed by atoms with van der Waals surface area (Å²) in [5.74, 6) is 0.869. The molecule has 1 aromatic heterocycles. The number of aromatic nitrogens is 2. The minimum Gasteiger partial charge on any atom is -0.496 e. The highest BCUT2D eigenvalue weighted by Gasteiger charge is 2.10. The highest BCUT2D eigenvalue weighted by Crippen LogP contribution is 2.33. The molecule has 1 heterocycles. The average Bonchev–Trinajstić information content (AvgIpc) is 2.95. The Balaban J connectivity index is 2.24. The molecule has 4 heteroatoms. The predicted octanol–water partition coefficient (Wildman–Crippen LogP) is 2.70. The number of hydrogen-bond donors (Lipinski definition) is 2. The third-order valence-corrected chi connectivity index (χ3v) is 3.23. The van der Waals surface area contributed by atoms with Crippen molar-refractivity contribution in [1.82, 2.24) is 10.2 Å². The van der Waals surface area contributed by atoms with E-state index >= 15 is 0 Å². The molecule has 4 nitrogen and oxygen atoms in total. The Labute approximate surface area is 111 Å². The molecule has 19 heavy (non-hydrogen) atoms. The van der Waals surface area contributed by atoms with Gasteiger partial charge in [0.15, 0.2) is 0 Å². The Morgan fingerprint density at radius 3 is 2.63 bits per heavy atom. The van der Waals surface area contributed by atoms with E-state index in [2.05, 4.69) is 16.3 Å². The number of nitrogens with two attached hydrogens (primary N) is 1. The molecule has 0 radical (unpaired) electrons. The molecule has 3 aromatic rings. The average molecular weight is 253 g/mol. The number of benzene rings is 2. The van der Waals surface area contributed by atoms with Crippen LogP contribution in [0, 0.1) is 0 Å². The number of hydrogen-bond acceptors (Lipinski definition) is 3. The SMILES string of the molecule is COc1ccc(-c2cc(CN)[nH]n2)c2ccccc12. The van der Waals surface area contributed by atoms with Crippen LogP contribution in [0.15, 0.2) is 42.5 Å². The Morgan fingerprint density at radius 1 is 1.16 bits per heavy atom. The van der Waals surface area contributed by atoms with Crippen LogP contribution in [0.25, 0.3) is 22.0 Å². The predicted molar refractivity (Wildman–Crippen MR) is 76.0 cm³/mol. The fourth-order valence-corrected chi connectivity index (χ4v) is 2.28. The minimum atomic E-state index is 0.459. The van der Waals surface area contributed by atoms with E-state index in [1.54, 1.807) is 7.11 Å². The second kappa shape index (κ2) is 4.74. The van der Waals surface area contributed by atoms with Crippen molar-refractivity contribution in [3.8, 4) is 17.0 Å². The minimum absolute atomic E-state index is 0.459. The van der Waals surface area contributed by atoms with Gasteiger partial charge in [0.25, 0.3) is 0 Å². The molecule has 0 bridgehead atoms. The van der Waals surface area contributed by atoms with Crippen molar-refractivity contribution in [1.29, 1.82) is 0 Å². The van der Waals surface area contributed by atoms with Gasteiger partial charge in [-0.3, -0.25) is 5.10 Å². The van der Waals surface area contributed by atoms with Gasteiger partial charge in [-0.1, -0.05) is 24.3 Å². The number of fused-ring (bicyclic) bond motifs is 1. The molecule has 0 amide bonds. The molecule has 2 aromatic carbocycles. The lowest BCUT2D eigenvalue weighted by Gasteiger charge is -2.08. The third kappa shape index (κ3) is 1.96. The molecule has 0 fully saturated rings. The van der Waals surface area contributed by atoms with Gasteiger partial charge in [0, 0.05) is 23.2 Å². The monoisotopic (exact) mass is 253 g/mol. The van der Waals surface area contributed by atoms with Gasteiger partial charge in [0.05, 0.1) is 12.8 Å². The van der Waals surface area contributed by atoms with E-state index in [1.165, 1.54) is 0 Å². The first-order valence-corrected chi connectivity index (χ1v) is 6.14. The van der Waals surface area contributed by atoms with Gasteiger partial charge in [-0.25, -0.2) is 0 Å². The summed E-state index contributed by atoms with van der Waals surface area (Å²) < 4.78 is 5.40. The van der Waals surface area contributed by atoms with E-state index in [0.29, 0.717) is 6.54 Å². The molecular weight excluding hydrogens is 238 g/mol. The Morgan fingerprint density at radius 2 is 1.95 bits per heavy atom. The molecule has 3 N–H and O–H groups in total. The van der Waals surface area contributed by atoms with Crippen LogP contribution in [0.3, 0.4) is 0 Å². The molecule has 0 unspecified atom stereocenters. The van der Waals surface area contributed by atoms with Crippen LogP contribution in [0.4, 0.5) is 0 Å². The summed E-state index contributed by atoms with van der Waals surface area (Å²) in [5.41, 5.74) is 8.51. The molecule has 0 saturated heterocycles. The first kappa shape index (κ1) is 11.7. The van der Waals surface area contributed by atoms with E-state index in [9.17, 15) is 0 Å². The molecule has 3 rings (SSSR count). The molecule has 0 spiro atoms. The van der Waals surface area contributed by atoms with Gasteiger partial charge in [-0.2, -0.15) is 5.10 Å². The molecule has 0 aliphatic heterocycles. The van der Waals surface area contributed by atoms with Crippen LogP contribution in [-0.2, 0) is 6.54 Å². The van der Waals surface area contributed by atoms with Gasteiger partial charge >= 0.3 is 0 Å². The lowest BCUT2D eigenvalue weighted by molar-refractivity contribution is 0.420. The lowest BCUT2D eigenvalue weighted by atomic mass is 10.0. The zero-order chi connectivity index (χ0) is 13.2. The zero-order valence-corrected chi connectivity index (χ0v) is 10.7. The Bertz CT molecular complexity index is 718. The zero-order valence-electron chi connectivity index (χ0n) is 10.7. The van der Waals surface area contributed by atoms with Crippen molar-refractivity contribution in [2.75, 3.05) is 7.11 Å². The fraction of sp³-hybridized carbons (Fsp3) is 0.133. The number of nitrogens with one attached hydrogen (secondary N) is 1. The van der Waals surface area contributed by atoms with Gasteiger partial charge < -0.3 is 10.5 Å². The van der Waals surface area contributed by atoms with Crippen molar-refractivity contribution < 1.29 is 4.74 Å². The number of aromatic amines is 1. The summed E-state index contributed by atoms with van der Waals surface area (Å²) in [4.78, 5) is 0. The van der Waals surface area contributed by atoms with Crippen molar-refractivity contribution >= 4 is 10.8 Å². The maximum absolute atomic E-state index is 5.61. The van der Waals surface area contributed by atoms with Crippen molar-refractivity contribution in [2.24, 2.45) is 5.73 Å². The second-order valence-electron chi connectivity index (χ2n) is 4.34. The van der Waals surface area contributed by atoms with E-state index in [4.69, 9.17) is 10.5 Å². The quantitative estimate of drug-likeness (QED) is 0.754. The van der Waals surface area contributed by atoms with Crippen molar-refractivity contribution in [3.05, 3.63) is 48.2 Å². The summed E-state index contributed by atoms with van der Waals surface area (Å²) in [6.45, 7) is 0.459. The highest BCUT2D eigenvalue weighted by atomic mass is 16.5. The van der Waals surface area contributed by atoms with Crippen LogP contribution >= 0.6 is 0 Å². The van der Waals surface area contributed by atoms with Crippen molar-refractivity contribution in [3.63, 3.8) is 0 Å². The topological polar surface area (TPSA) is 63.9 Å². The summed E-state index contributed by atoms with van der Waals surface area (Å²) in [7, 11) is 1.68. The van der Waals surface area contributed by atoms with E-state index in [1.807, 2.05) is 36.4 Å². The van der Waals surface area contributed by atoms with Gasteiger partial charge in [0.1, 0.15) is 5.75 Å². The maximum atomic E-state index is 5.61. The number of ether oxygens (including phenoxy) is 1. The largest absolute Gasteiger partial charge is 0.496 e. The molecule has 0 aliphatic carbocycles. The standard InChI is InChI=1S/C15H15N3O/c1-19-15-7-6-12(11-4-2-3-5-13(11)15)14-8-10(9-16)17-18-14/h2-8H,9,16H2,1H3,(H,17,18). The molecule has 96 valence electrons. The second-order valence-corrected chi connectivity index (χ2v) is 4.34. The lowest BCUT2D eigenvalue weighted by Crippen LogP contribution is -1.95. The molecular formula is C15H15N3O. The fourth-order valence-electron chi connectivity index (χ4n) is 2.28. The maximum Gasteiger partial charge on any atom is 0.126 e. The van der Waals surface area contributed by atoms with E-state index < -0.39 is 0 Å². The van der Waals surface area contributed by atoms with Crippen LogP contribution < -0.4 is 10.5 Å². The molecule has 0 aliphatic rings. The van der Waals surface area contributed by atoms with Crippen LogP contribution in [0.5, 0.6) is 5.75 Å². The Hall–Kier alpha value is -2.33. The van der Waals surface area contributed by atoms with E-state index in [0.717, 1.165) is 33.5 Å². The first-order chi connectivity index (χ1) is 9.33. The van der Waals surface area contributed by atoms with Crippen molar-refractivity contribution in [2.45, 2.75) is 6.54 Å². The van der Waals surface area contributed by atoms with Gasteiger partial charge in [0.2, 0.25) is 0 Å². The van der Waals surface area contributed by atoms with Crippen LogP contribution in [0.1, 0.15) is 5.69 Å². The normalized spacial score (nSPS) is 10.8. The number of rotatable bonds is 3. The van der Waals surface area contributed by atoms with Crippen LogP contribution in [0.2, 0.25) is 0 Å². The highest BCUT2D eigenvalue weighted by molar-refractivity contribution is 5.99. The summed E-state index contributed by atoms with van der Waals surface area (Å²) in [6, 6.07) is 14.1. The first-order valence-electron chi connectivity index (χ1n) is 6.14. The van der Waals surface area contributed by atoms with E-state index in [-0.39, 0.29) is 0 Å². The number of nitrogens with zero attached hydrogens (tertiary/aromatic N) is 1. The summed E-state index contributed by atoms with van der Waals surface area (Å²) in [6.07, 6.45) is 0.